The Hall–Kier alpha value is -2.02. The molecule has 0 saturated carbocycles. The molecule has 0 heterocycles. The molecule has 23 heavy (non-hydrogen) atoms. The first-order valence-corrected chi connectivity index (χ1v) is 8.37. The molecule has 0 saturated heterocycles. The van der Waals surface area contributed by atoms with Gasteiger partial charge in [-0.3, -0.25) is 9.59 Å². The van der Waals surface area contributed by atoms with E-state index in [-0.39, 0.29) is 30.2 Å². The smallest absolute Gasteiger partial charge is 0.339 e. The summed E-state index contributed by atoms with van der Waals surface area (Å²) in [6.45, 7) is 5.71. The molecule has 0 aliphatic heterocycles. The molecule has 0 radical (unpaired) electrons. The maximum absolute atomic E-state index is 12.1. The third-order valence-corrected chi connectivity index (χ3v) is 3.70. The van der Waals surface area contributed by atoms with Crippen LogP contribution < -0.4 is 10.6 Å². The summed E-state index contributed by atoms with van der Waals surface area (Å²) in [4.78, 5) is 35.8. The van der Waals surface area contributed by atoms with Crippen molar-refractivity contribution in [3.05, 3.63) is 29.8 Å². The summed E-state index contributed by atoms with van der Waals surface area (Å²) in [7, 11) is 0. The minimum atomic E-state index is -0.580. The molecule has 0 bridgehead atoms. The molecule has 0 atom stereocenters. The molecular formula is C16H22N2O4S. The third kappa shape index (κ3) is 7.19. The predicted octanol–water partition coefficient (Wildman–Crippen LogP) is 1.60. The van der Waals surface area contributed by atoms with E-state index in [4.69, 9.17) is 4.74 Å². The Morgan fingerprint density at radius 2 is 1.87 bits per heavy atom. The van der Waals surface area contributed by atoms with Gasteiger partial charge in [-0.05, 0) is 32.9 Å². The molecule has 126 valence electrons. The average Bonchev–Trinajstić information content (AvgIpc) is 2.50. The Kier molecular flexibility index (Phi) is 8.18. The molecule has 6 nitrogen and oxygen atoms in total. The molecule has 0 aliphatic rings. The topological polar surface area (TPSA) is 84.5 Å². The number of ether oxygens (including phenoxy) is 1. The third-order valence-electron chi connectivity index (χ3n) is 2.62. The van der Waals surface area contributed by atoms with Crippen LogP contribution in [0.3, 0.4) is 0 Å². The number of benzene rings is 1. The second-order valence-electron chi connectivity index (χ2n) is 5.04. The van der Waals surface area contributed by atoms with Gasteiger partial charge in [-0.25, -0.2) is 4.79 Å². The van der Waals surface area contributed by atoms with E-state index in [0.717, 1.165) is 0 Å². The average molecular weight is 338 g/mol. The number of likely N-dealkylation sites (N-methyl/N-ethyl adjacent to an activating group) is 1. The van der Waals surface area contributed by atoms with Gasteiger partial charge in [0.15, 0.2) is 6.61 Å². The van der Waals surface area contributed by atoms with Gasteiger partial charge in [-0.2, -0.15) is 0 Å². The lowest BCUT2D eigenvalue weighted by atomic mass is 10.2. The Balaban J connectivity index is 2.64. The van der Waals surface area contributed by atoms with E-state index in [1.165, 1.54) is 11.8 Å². The Morgan fingerprint density at radius 1 is 1.17 bits per heavy atom. The number of thioether (sulfide) groups is 1. The molecule has 2 N–H and O–H groups in total. The Labute approximate surface area is 140 Å². The second kappa shape index (κ2) is 9.89. The molecule has 7 heteroatoms. The van der Waals surface area contributed by atoms with Crippen LogP contribution in [0.15, 0.2) is 29.2 Å². The van der Waals surface area contributed by atoms with E-state index in [1.54, 1.807) is 31.2 Å². The highest BCUT2D eigenvalue weighted by Crippen LogP contribution is 2.23. The molecule has 1 aromatic rings. The van der Waals surface area contributed by atoms with Crippen LogP contribution in [-0.4, -0.2) is 42.7 Å². The van der Waals surface area contributed by atoms with Crippen LogP contribution in [0, 0.1) is 0 Å². The Morgan fingerprint density at radius 3 is 2.52 bits per heavy atom. The first-order chi connectivity index (χ1) is 10.9. The summed E-state index contributed by atoms with van der Waals surface area (Å²) in [6.07, 6.45) is 0. The van der Waals surface area contributed by atoms with E-state index in [1.807, 2.05) is 13.8 Å². The molecule has 0 aromatic heterocycles. The maximum atomic E-state index is 12.1. The fraction of sp³-hybridized carbons (Fsp3) is 0.438. The van der Waals surface area contributed by atoms with E-state index >= 15 is 0 Å². The number of carbonyl (C=O) groups is 3. The number of esters is 1. The number of nitrogens with one attached hydrogen (secondary N) is 2. The number of hydrogen-bond acceptors (Lipinski definition) is 5. The SMILES string of the molecule is CCNC(=O)COC(=O)c1ccccc1SCC(=O)NC(C)C. The monoisotopic (exact) mass is 338 g/mol. The van der Waals surface area contributed by atoms with Crippen molar-refractivity contribution in [1.29, 1.82) is 0 Å². The van der Waals surface area contributed by atoms with Crippen molar-refractivity contribution >= 4 is 29.5 Å². The molecule has 1 rings (SSSR count). The zero-order chi connectivity index (χ0) is 17.2. The van der Waals surface area contributed by atoms with E-state index in [9.17, 15) is 14.4 Å². The van der Waals surface area contributed by atoms with Gasteiger partial charge < -0.3 is 15.4 Å². The predicted molar refractivity (Wildman–Crippen MR) is 89.4 cm³/mol. The van der Waals surface area contributed by atoms with Crippen LogP contribution in [0.2, 0.25) is 0 Å². The Bertz CT molecular complexity index is 561. The van der Waals surface area contributed by atoms with Crippen molar-refractivity contribution < 1.29 is 19.1 Å². The highest BCUT2D eigenvalue weighted by molar-refractivity contribution is 8.00. The summed E-state index contributed by atoms with van der Waals surface area (Å²) < 4.78 is 4.99. The summed E-state index contributed by atoms with van der Waals surface area (Å²) >= 11 is 1.26. The molecule has 0 fully saturated rings. The molecular weight excluding hydrogens is 316 g/mol. The van der Waals surface area contributed by atoms with Gasteiger partial charge in [0.25, 0.3) is 5.91 Å². The van der Waals surface area contributed by atoms with Gasteiger partial charge in [0.05, 0.1) is 11.3 Å². The molecule has 1 aromatic carbocycles. The fourth-order valence-electron chi connectivity index (χ4n) is 1.73. The van der Waals surface area contributed by atoms with Crippen molar-refractivity contribution in [1.82, 2.24) is 10.6 Å². The van der Waals surface area contributed by atoms with E-state index < -0.39 is 5.97 Å². The van der Waals surface area contributed by atoms with E-state index in [0.29, 0.717) is 17.0 Å². The summed E-state index contributed by atoms with van der Waals surface area (Å²) in [5, 5.41) is 5.34. The summed E-state index contributed by atoms with van der Waals surface area (Å²) in [6, 6.07) is 6.92. The highest BCUT2D eigenvalue weighted by Gasteiger charge is 2.15. The van der Waals surface area contributed by atoms with Crippen molar-refractivity contribution in [3.63, 3.8) is 0 Å². The van der Waals surface area contributed by atoms with Crippen LogP contribution in [0.5, 0.6) is 0 Å². The maximum Gasteiger partial charge on any atom is 0.339 e. The van der Waals surface area contributed by atoms with Crippen molar-refractivity contribution in [2.75, 3.05) is 18.9 Å². The zero-order valence-electron chi connectivity index (χ0n) is 13.5. The van der Waals surface area contributed by atoms with Gasteiger partial charge in [-0.15, -0.1) is 11.8 Å². The minimum Gasteiger partial charge on any atom is -0.452 e. The van der Waals surface area contributed by atoms with Crippen LogP contribution in [-0.2, 0) is 14.3 Å². The van der Waals surface area contributed by atoms with Gasteiger partial charge in [0, 0.05) is 17.5 Å². The van der Waals surface area contributed by atoms with Crippen molar-refractivity contribution in [3.8, 4) is 0 Å². The lowest BCUT2D eigenvalue weighted by Gasteiger charge is -2.10. The molecule has 2 amide bonds. The molecule has 0 unspecified atom stereocenters. The molecule has 0 aliphatic carbocycles. The minimum absolute atomic E-state index is 0.0698. The largest absolute Gasteiger partial charge is 0.452 e. The number of carbonyl (C=O) groups excluding carboxylic acids is 3. The first-order valence-electron chi connectivity index (χ1n) is 7.39. The lowest BCUT2D eigenvalue weighted by Crippen LogP contribution is -2.31. The second-order valence-corrected chi connectivity index (χ2v) is 6.05. The first kappa shape index (κ1) is 19.0. The standard InChI is InChI=1S/C16H22N2O4S/c1-4-17-14(19)9-22-16(21)12-7-5-6-8-13(12)23-10-15(20)18-11(2)3/h5-8,11H,4,9-10H2,1-3H3,(H,17,19)(H,18,20). The van der Waals surface area contributed by atoms with Gasteiger partial charge in [0.2, 0.25) is 5.91 Å². The summed E-state index contributed by atoms with van der Waals surface area (Å²) in [5.41, 5.74) is 0.346. The number of amides is 2. The van der Waals surface area contributed by atoms with Gasteiger partial charge in [-0.1, -0.05) is 12.1 Å². The summed E-state index contributed by atoms with van der Waals surface area (Å²) in [5.74, 6) is -0.819. The molecule has 0 spiro atoms. The van der Waals surface area contributed by atoms with Crippen LogP contribution in [0.25, 0.3) is 0 Å². The van der Waals surface area contributed by atoms with Gasteiger partial charge in [0.1, 0.15) is 0 Å². The zero-order valence-corrected chi connectivity index (χ0v) is 14.4. The normalized spacial score (nSPS) is 10.3. The quantitative estimate of drug-likeness (QED) is 0.555. The highest BCUT2D eigenvalue weighted by atomic mass is 32.2. The van der Waals surface area contributed by atoms with Crippen LogP contribution >= 0.6 is 11.8 Å². The van der Waals surface area contributed by atoms with Crippen molar-refractivity contribution in [2.45, 2.75) is 31.7 Å². The fourth-order valence-corrected chi connectivity index (χ4v) is 2.58. The van der Waals surface area contributed by atoms with Crippen molar-refractivity contribution in [2.24, 2.45) is 0 Å². The van der Waals surface area contributed by atoms with Crippen LogP contribution in [0.4, 0.5) is 0 Å². The lowest BCUT2D eigenvalue weighted by molar-refractivity contribution is -0.124. The van der Waals surface area contributed by atoms with Gasteiger partial charge >= 0.3 is 5.97 Å². The van der Waals surface area contributed by atoms with Crippen LogP contribution in [0.1, 0.15) is 31.1 Å². The number of hydrogen-bond donors (Lipinski definition) is 2. The van der Waals surface area contributed by atoms with E-state index in [2.05, 4.69) is 10.6 Å². The number of rotatable bonds is 8.